The highest BCUT2D eigenvalue weighted by Crippen LogP contribution is 2.39. The highest BCUT2D eigenvalue weighted by atomic mass is 35.5. The van der Waals surface area contributed by atoms with Crippen molar-refractivity contribution in [2.75, 3.05) is 38.2 Å². The lowest BCUT2D eigenvalue weighted by molar-refractivity contribution is 0.0543. The van der Waals surface area contributed by atoms with Crippen molar-refractivity contribution >= 4 is 23.3 Å². The average molecular weight is 414 g/mol. The van der Waals surface area contributed by atoms with E-state index >= 15 is 0 Å². The van der Waals surface area contributed by atoms with Crippen LogP contribution in [0.15, 0.2) is 42.6 Å². The predicted molar refractivity (Wildman–Crippen MR) is 116 cm³/mol. The van der Waals surface area contributed by atoms with Gasteiger partial charge in [0, 0.05) is 49.5 Å². The molecule has 5 nitrogen and oxygen atoms in total. The highest BCUT2D eigenvalue weighted by Gasteiger charge is 2.36. The second-order valence-corrected chi connectivity index (χ2v) is 8.39. The van der Waals surface area contributed by atoms with Gasteiger partial charge in [-0.2, -0.15) is 0 Å². The van der Waals surface area contributed by atoms with E-state index in [2.05, 4.69) is 16.4 Å². The maximum atomic E-state index is 13.1. The molecular weight excluding hydrogens is 386 g/mol. The molecule has 6 heteroatoms. The summed E-state index contributed by atoms with van der Waals surface area (Å²) in [5.74, 6) is 0.722. The Hall–Kier alpha value is -2.11. The molecule has 0 bridgehead atoms. The van der Waals surface area contributed by atoms with Gasteiger partial charge in [-0.05, 0) is 55.9 Å². The van der Waals surface area contributed by atoms with Gasteiger partial charge >= 0.3 is 0 Å². The second kappa shape index (κ2) is 9.14. The number of anilines is 1. The van der Waals surface area contributed by atoms with Crippen LogP contribution >= 0.6 is 11.6 Å². The fourth-order valence-electron chi connectivity index (χ4n) is 4.43. The number of carbonyl (C=O) groups is 1. The molecular formula is C23H28ClN3O2. The molecule has 0 atom stereocenters. The van der Waals surface area contributed by atoms with Crippen LogP contribution in [-0.4, -0.2) is 48.6 Å². The van der Waals surface area contributed by atoms with E-state index in [0.717, 1.165) is 49.4 Å². The first-order chi connectivity index (χ1) is 14.2. The van der Waals surface area contributed by atoms with Gasteiger partial charge in [0.15, 0.2) is 0 Å². The monoisotopic (exact) mass is 413 g/mol. The number of aromatic nitrogens is 1. The fraction of sp³-hybridized carbons (Fsp3) is 0.478. The quantitative estimate of drug-likeness (QED) is 0.782. The Bertz CT molecular complexity index is 846. The lowest BCUT2D eigenvalue weighted by Gasteiger charge is -2.38. The predicted octanol–water partition coefficient (Wildman–Crippen LogP) is 4.52. The summed E-state index contributed by atoms with van der Waals surface area (Å²) in [5, 5.41) is 4.28. The molecule has 29 heavy (non-hydrogen) atoms. The summed E-state index contributed by atoms with van der Waals surface area (Å²) in [6, 6.07) is 11.7. The summed E-state index contributed by atoms with van der Waals surface area (Å²) in [6.45, 7) is 3.73. The molecule has 2 aliphatic heterocycles. The molecule has 2 saturated heterocycles. The molecule has 2 aliphatic rings. The van der Waals surface area contributed by atoms with Gasteiger partial charge < -0.3 is 15.0 Å². The summed E-state index contributed by atoms with van der Waals surface area (Å²) in [6.07, 6.45) is 6.85. The zero-order valence-electron chi connectivity index (χ0n) is 16.7. The minimum atomic E-state index is -0.139. The van der Waals surface area contributed by atoms with Crippen LogP contribution in [0, 0.1) is 0 Å². The van der Waals surface area contributed by atoms with E-state index in [1.807, 2.05) is 35.2 Å². The largest absolute Gasteiger partial charge is 0.381 e. The van der Waals surface area contributed by atoms with Crippen molar-refractivity contribution in [1.82, 2.24) is 9.88 Å². The van der Waals surface area contributed by atoms with Crippen molar-refractivity contribution in [1.29, 1.82) is 0 Å². The summed E-state index contributed by atoms with van der Waals surface area (Å²) >= 11 is 6.57. The van der Waals surface area contributed by atoms with Crippen molar-refractivity contribution in [3.05, 3.63) is 58.7 Å². The first-order valence-corrected chi connectivity index (χ1v) is 10.9. The molecule has 1 N–H and O–H groups in total. The Morgan fingerprint density at radius 1 is 1.10 bits per heavy atom. The van der Waals surface area contributed by atoms with Crippen LogP contribution in [0.2, 0.25) is 5.02 Å². The lowest BCUT2D eigenvalue weighted by atomic mass is 9.74. The van der Waals surface area contributed by atoms with Crippen LogP contribution in [0.25, 0.3) is 0 Å². The van der Waals surface area contributed by atoms with E-state index in [9.17, 15) is 4.79 Å². The summed E-state index contributed by atoms with van der Waals surface area (Å²) in [7, 11) is 0. The van der Waals surface area contributed by atoms with E-state index in [4.69, 9.17) is 16.3 Å². The van der Waals surface area contributed by atoms with Crippen LogP contribution in [-0.2, 0) is 10.2 Å². The van der Waals surface area contributed by atoms with E-state index in [-0.39, 0.29) is 11.3 Å². The lowest BCUT2D eigenvalue weighted by Crippen LogP contribution is -2.41. The van der Waals surface area contributed by atoms with E-state index in [1.54, 1.807) is 6.20 Å². The smallest absolute Gasteiger partial charge is 0.257 e. The first-order valence-electron chi connectivity index (χ1n) is 10.5. The standard InChI is InChI=1S/C23H28ClN3O2/c24-20-9-3-2-8-19(20)23(10-15-29-16-11-23)17-26-21-18(7-6-12-25-21)22(28)27-13-4-1-5-14-27/h2-3,6-9,12H,1,4-5,10-11,13-17H2,(H,25,26). The molecule has 0 unspecified atom stereocenters. The second-order valence-electron chi connectivity index (χ2n) is 7.98. The SMILES string of the molecule is O=C(c1cccnc1NCC1(c2ccccc2Cl)CCOCC1)N1CCCCC1. The fourth-order valence-corrected chi connectivity index (χ4v) is 4.77. The number of amides is 1. The molecule has 2 fully saturated rings. The average Bonchev–Trinajstić information content (AvgIpc) is 2.79. The number of benzene rings is 1. The third-order valence-electron chi connectivity index (χ3n) is 6.17. The minimum absolute atomic E-state index is 0.0686. The number of likely N-dealkylation sites (tertiary alicyclic amines) is 1. The number of rotatable bonds is 5. The number of ether oxygens (including phenoxy) is 1. The van der Waals surface area contributed by atoms with Crippen LogP contribution in [0.4, 0.5) is 5.82 Å². The van der Waals surface area contributed by atoms with Crippen molar-refractivity contribution in [3.63, 3.8) is 0 Å². The number of carbonyl (C=O) groups excluding carboxylic acids is 1. The normalized spacial score (nSPS) is 19.0. The zero-order valence-corrected chi connectivity index (χ0v) is 17.5. The van der Waals surface area contributed by atoms with Gasteiger partial charge in [-0.3, -0.25) is 4.79 Å². The van der Waals surface area contributed by atoms with E-state index < -0.39 is 0 Å². The topological polar surface area (TPSA) is 54.5 Å². The Balaban J connectivity index is 1.57. The molecule has 3 heterocycles. The van der Waals surface area contributed by atoms with E-state index in [1.165, 1.54) is 6.42 Å². The van der Waals surface area contributed by atoms with Crippen LogP contribution in [0.3, 0.4) is 0 Å². The van der Waals surface area contributed by atoms with Crippen molar-refractivity contribution in [2.45, 2.75) is 37.5 Å². The van der Waals surface area contributed by atoms with Gasteiger partial charge in [0.25, 0.3) is 5.91 Å². The Morgan fingerprint density at radius 3 is 2.62 bits per heavy atom. The first kappa shape index (κ1) is 20.2. The molecule has 0 spiro atoms. The summed E-state index contributed by atoms with van der Waals surface area (Å²) in [5.41, 5.74) is 1.65. The number of hydrogen-bond donors (Lipinski definition) is 1. The Kier molecular flexibility index (Phi) is 6.36. The maximum absolute atomic E-state index is 13.1. The third-order valence-corrected chi connectivity index (χ3v) is 6.50. The Morgan fingerprint density at radius 2 is 1.86 bits per heavy atom. The third kappa shape index (κ3) is 4.41. The molecule has 1 aromatic heterocycles. The number of piperidine rings is 1. The number of nitrogens with zero attached hydrogens (tertiary/aromatic N) is 2. The number of hydrogen-bond acceptors (Lipinski definition) is 4. The molecule has 4 rings (SSSR count). The van der Waals surface area contributed by atoms with Gasteiger partial charge in [0.2, 0.25) is 0 Å². The Labute approximate surface area is 177 Å². The number of halogens is 1. The van der Waals surface area contributed by atoms with Gasteiger partial charge in [-0.25, -0.2) is 4.98 Å². The minimum Gasteiger partial charge on any atom is -0.381 e. The van der Waals surface area contributed by atoms with Crippen molar-refractivity contribution in [2.24, 2.45) is 0 Å². The molecule has 154 valence electrons. The van der Waals surface area contributed by atoms with Crippen molar-refractivity contribution in [3.8, 4) is 0 Å². The zero-order chi connectivity index (χ0) is 20.1. The van der Waals surface area contributed by atoms with Crippen LogP contribution < -0.4 is 5.32 Å². The number of pyridine rings is 1. The molecule has 0 aliphatic carbocycles. The number of nitrogens with one attached hydrogen (secondary N) is 1. The summed E-state index contributed by atoms with van der Waals surface area (Å²) < 4.78 is 5.63. The van der Waals surface area contributed by atoms with Gasteiger partial charge in [-0.15, -0.1) is 0 Å². The van der Waals surface area contributed by atoms with Gasteiger partial charge in [0.1, 0.15) is 5.82 Å². The maximum Gasteiger partial charge on any atom is 0.257 e. The van der Waals surface area contributed by atoms with Gasteiger partial charge in [-0.1, -0.05) is 29.8 Å². The molecule has 1 aromatic carbocycles. The molecule has 0 radical (unpaired) electrons. The summed E-state index contributed by atoms with van der Waals surface area (Å²) in [4.78, 5) is 19.5. The van der Waals surface area contributed by atoms with Crippen LogP contribution in [0.5, 0.6) is 0 Å². The van der Waals surface area contributed by atoms with Gasteiger partial charge in [0.05, 0.1) is 5.56 Å². The molecule has 0 saturated carbocycles. The molecule has 2 aromatic rings. The highest BCUT2D eigenvalue weighted by molar-refractivity contribution is 6.31. The van der Waals surface area contributed by atoms with Crippen molar-refractivity contribution < 1.29 is 9.53 Å². The molecule has 1 amide bonds. The van der Waals surface area contributed by atoms with E-state index in [0.29, 0.717) is 31.1 Å². The van der Waals surface area contributed by atoms with Crippen LogP contribution in [0.1, 0.15) is 48.0 Å².